The number of nitrogens with zero attached hydrogens (tertiary/aromatic N) is 2. The van der Waals surface area contributed by atoms with E-state index in [0.29, 0.717) is 23.1 Å². The number of pyridine rings is 1. The summed E-state index contributed by atoms with van der Waals surface area (Å²) in [5, 5.41) is 2.07. The van der Waals surface area contributed by atoms with Crippen molar-refractivity contribution in [1.29, 1.82) is 0 Å². The predicted molar refractivity (Wildman–Crippen MR) is 143 cm³/mol. The highest BCUT2D eigenvalue weighted by Crippen LogP contribution is 2.34. The van der Waals surface area contributed by atoms with Crippen molar-refractivity contribution in [1.82, 2.24) is 4.98 Å². The molecule has 0 saturated carbocycles. The summed E-state index contributed by atoms with van der Waals surface area (Å²) in [5.74, 6) is -0.531. The van der Waals surface area contributed by atoms with Gasteiger partial charge < -0.3 is 4.74 Å². The fraction of sp³-hybridized carbons (Fsp3) is 0.259. The molecule has 0 spiro atoms. The Labute approximate surface area is 215 Å². The van der Waals surface area contributed by atoms with Crippen LogP contribution in [0.3, 0.4) is 0 Å². The van der Waals surface area contributed by atoms with Crippen LogP contribution in [-0.2, 0) is 16.4 Å². The summed E-state index contributed by atoms with van der Waals surface area (Å²) in [5.41, 5.74) is 2.82. The maximum Gasteiger partial charge on any atom is 0.267 e. The van der Waals surface area contributed by atoms with Crippen LogP contribution in [0.1, 0.15) is 38.7 Å². The second kappa shape index (κ2) is 10.8. The van der Waals surface area contributed by atoms with E-state index < -0.39 is 15.8 Å². The van der Waals surface area contributed by atoms with Gasteiger partial charge in [0.2, 0.25) is 5.88 Å². The quantitative estimate of drug-likeness (QED) is 0.485. The van der Waals surface area contributed by atoms with Crippen LogP contribution < -0.4 is 19.9 Å². The van der Waals surface area contributed by atoms with E-state index in [9.17, 15) is 8.42 Å². The molecule has 2 heterocycles. The number of hydrogen-bond acceptors (Lipinski definition) is 5. The van der Waals surface area contributed by atoms with Crippen LogP contribution in [0.5, 0.6) is 5.88 Å². The number of sulfonamides is 1. The van der Waals surface area contributed by atoms with Gasteiger partial charge >= 0.3 is 0 Å². The maximum absolute atomic E-state index is 15.3. The molecule has 0 unspecified atom stereocenters. The highest BCUT2D eigenvalue weighted by molar-refractivity contribution is 7.92. The minimum absolute atomic E-state index is 0.0903. The molecular formula is C27H27ClFN3O3S. The highest BCUT2D eigenvalue weighted by atomic mass is 35.5. The third-order valence-corrected chi connectivity index (χ3v) is 7.60. The van der Waals surface area contributed by atoms with Crippen LogP contribution in [0.25, 0.3) is 23.4 Å². The molecule has 0 bridgehead atoms. The monoisotopic (exact) mass is 527 g/mol. The summed E-state index contributed by atoms with van der Waals surface area (Å²) in [6, 6.07) is 9.66. The van der Waals surface area contributed by atoms with Crippen LogP contribution in [0, 0.1) is 5.82 Å². The van der Waals surface area contributed by atoms with E-state index in [1.807, 2.05) is 38.2 Å². The molecule has 36 heavy (non-hydrogen) atoms. The number of methoxy groups -OCH3 is 1. The smallest absolute Gasteiger partial charge is 0.267 e. The summed E-state index contributed by atoms with van der Waals surface area (Å²) >= 11 is 5.99. The summed E-state index contributed by atoms with van der Waals surface area (Å²) in [6.07, 6.45) is 8.55. The average Bonchev–Trinajstić information content (AvgIpc) is 2.95. The zero-order valence-electron chi connectivity index (χ0n) is 20.3. The number of aliphatic imine (C=N–C) groups is 1. The minimum Gasteiger partial charge on any atom is -0.480 e. The lowest BCUT2D eigenvalue weighted by Gasteiger charge is -2.17. The van der Waals surface area contributed by atoms with Crippen molar-refractivity contribution in [2.75, 3.05) is 11.8 Å². The molecule has 9 heteroatoms. The minimum atomic E-state index is -4.13. The molecule has 0 radical (unpaired) electrons. The first-order valence-corrected chi connectivity index (χ1v) is 13.5. The number of aromatic nitrogens is 1. The molecule has 0 amide bonds. The van der Waals surface area contributed by atoms with Crippen LogP contribution >= 0.6 is 11.6 Å². The zero-order valence-corrected chi connectivity index (χ0v) is 21.9. The second-order valence-electron chi connectivity index (χ2n) is 8.50. The summed E-state index contributed by atoms with van der Waals surface area (Å²) < 4.78 is 49.5. The Hall–Kier alpha value is -3.23. The van der Waals surface area contributed by atoms with Gasteiger partial charge in [-0.3, -0.25) is 9.71 Å². The number of ether oxygens (including phenoxy) is 1. The van der Waals surface area contributed by atoms with Gasteiger partial charge in [0, 0.05) is 28.9 Å². The van der Waals surface area contributed by atoms with Crippen LogP contribution in [-0.4, -0.2) is 26.2 Å². The lowest BCUT2D eigenvalue weighted by atomic mass is 9.95. The van der Waals surface area contributed by atoms with Crippen molar-refractivity contribution >= 4 is 45.3 Å². The first-order valence-electron chi connectivity index (χ1n) is 11.6. The Morgan fingerprint density at radius 3 is 2.72 bits per heavy atom. The van der Waals surface area contributed by atoms with Crippen molar-refractivity contribution in [3.63, 3.8) is 0 Å². The number of hydrogen-bond donors (Lipinski definition) is 1. The van der Waals surface area contributed by atoms with Gasteiger partial charge in [0.25, 0.3) is 10.0 Å². The Kier molecular flexibility index (Phi) is 7.76. The number of anilines is 1. The molecule has 0 fully saturated rings. The molecule has 1 aromatic heterocycles. The molecule has 0 aliphatic carbocycles. The maximum atomic E-state index is 15.3. The van der Waals surface area contributed by atoms with Crippen LogP contribution in [0.2, 0.25) is 5.02 Å². The highest BCUT2D eigenvalue weighted by Gasteiger charge is 2.24. The zero-order chi connectivity index (χ0) is 25.9. The Bertz CT molecular complexity index is 1570. The Balaban J connectivity index is 1.85. The first-order chi connectivity index (χ1) is 17.2. The van der Waals surface area contributed by atoms with Gasteiger partial charge in [-0.15, -0.1) is 0 Å². The van der Waals surface area contributed by atoms with Gasteiger partial charge in [0.05, 0.1) is 17.8 Å². The summed E-state index contributed by atoms with van der Waals surface area (Å²) in [7, 11) is -2.81. The number of nitrogens with one attached hydrogen (secondary N) is 1. The van der Waals surface area contributed by atoms with E-state index in [2.05, 4.69) is 20.8 Å². The number of rotatable bonds is 6. The molecule has 1 aliphatic heterocycles. The fourth-order valence-electron chi connectivity index (χ4n) is 4.24. The van der Waals surface area contributed by atoms with E-state index in [1.54, 1.807) is 0 Å². The molecule has 4 rings (SSSR count). The Morgan fingerprint density at radius 1 is 1.17 bits per heavy atom. The molecule has 1 N–H and O–H groups in total. The lowest BCUT2D eigenvalue weighted by molar-refractivity contribution is 0.385. The van der Waals surface area contributed by atoms with Gasteiger partial charge in [-0.2, -0.15) is 0 Å². The first kappa shape index (κ1) is 25.9. The number of fused-ring (bicyclic) bond motifs is 1. The van der Waals surface area contributed by atoms with Gasteiger partial charge in [0.1, 0.15) is 5.82 Å². The Morgan fingerprint density at radius 2 is 1.97 bits per heavy atom. The normalized spacial score (nSPS) is 15.6. The van der Waals surface area contributed by atoms with Crippen molar-refractivity contribution in [2.45, 2.75) is 44.4 Å². The summed E-state index contributed by atoms with van der Waals surface area (Å²) in [4.78, 5) is 8.30. The SMILES string of the molecule is CCc1c(NS(=O)(=O)c2cc(Cl)cnc2OC)ccc(F)c1-c1ccc2/c(c1)=C\N=C(C)CCC/C=2. The molecule has 0 atom stereocenters. The van der Waals surface area contributed by atoms with Crippen molar-refractivity contribution in [3.05, 3.63) is 69.4 Å². The van der Waals surface area contributed by atoms with Gasteiger partial charge in [-0.05, 0) is 73.2 Å². The standard InChI is InChI=1S/C27H27ClFN3O3S/c1-4-22-24(32-36(33,34)25-14-21(28)16-31-27(25)35-3)12-11-23(29)26(22)19-10-9-18-8-6-5-7-17(2)30-15-20(18)13-19/h8-16,32H,4-7H2,1-3H3/b18-8+,20-15-,30-17?. The van der Waals surface area contributed by atoms with E-state index in [0.717, 1.165) is 35.4 Å². The van der Waals surface area contributed by atoms with Crippen LogP contribution in [0.4, 0.5) is 10.1 Å². The average molecular weight is 528 g/mol. The number of halogens is 2. The van der Waals surface area contributed by atoms with E-state index in [4.69, 9.17) is 16.3 Å². The molecule has 1 aliphatic rings. The van der Waals surface area contributed by atoms with E-state index in [1.165, 1.54) is 31.5 Å². The van der Waals surface area contributed by atoms with E-state index >= 15 is 4.39 Å². The van der Waals surface area contributed by atoms with Crippen molar-refractivity contribution in [2.24, 2.45) is 4.99 Å². The van der Waals surface area contributed by atoms with Gasteiger partial charge in [-0.25, -0.2) is 17.8 Å². The largest absolute Gasteiger partial charge is 0.480 e. The fourth-order valence-corrected chi connectivity index (χ4v) is 5.70. The molecule has 3 aromatic rings. The third-order valence-electron chi connectivity index (χ3n) is 6.03. The number of benzene rings is 2. The molecule has 6 nitrogen and oxygen atoms in total. The molecule has 188 valence electrons. The van der Waals surface area contributed by atoms with Gasteiger partial charge in [-0.1, -0.05) is 36.7 Å². The van der Waals surface area contributed by atoms with Crippen molar-refractivity contribution < 1.29 is 17.5 Å². The predicted octanol–water partition coefficient (Wildman–Crippen LogP) is 5.08. The van der Waals surface area contributed by atoms with Crippen molar-refractivity contribution in [3.8, 4) is 17.0 Å². The van der Waals surface area contributed by atoms with Gasteiger partial charge in [0.15, 0.2) is 4.90 Å². The van der Waals surface area contributed by atoms with Crippen LogP contribution in [0.15, 0.2) is 52.5 Å². The molecular weight excluding hydrogens is 501 g/mol. The molecule has 0 saturated heterocycles. The second-order valence-corrected chi connectivity index (χ2v) is 10.6. The third kappa shape index (κ3) is 5.44. The lowest BCUT2D eigenvalue weighted by Crippen LogP contribution is -2.24. The summed E-state index contributed by atoms with van der Waals surface area (Å²) in [6.45, 7) is 3.85. The topological polar surface area (TPSA) is 80.7 Å². The molecule has 2 aromatic carbocycles. The van der Waals surface area contributed by atoms with E-state index in [-0.39, 0.29) is 21.5 Å².